The monoisotopic (exact) mass is 222 g/mol. The summed E-state index contributed by atoms with van der Waals surface area (Å²) in [7, 11) is 1.71. The average Bonchev–Trinajstić information content (AvgIpc) is 2.15. The van der Waals surface area contributed by atoms with Crippen LogP contribution in [0, 0.1) is 12.8 Å². The molecule has 0 aliphatic heterocycles. The lowest BCUT2D eigenvalue weighted by atomic mass is 10.2. The molecule has 0 spiro atoms. The molecule has 0 saturated heterocycles. The molecule has 0 bridgehead atoms. The first kappa shape index (κ1) is 12.5. The summed E-state index contributed by atoms with van der Waals surface area (Å²) < 4.78 is 0. The molecule has 4 heteroatoms. The molecule has 0 aliphatic carbocycles. The highest BCUT2D eigenvalue weighted by Crippen LogP contribution is 2.01. The van der Waals surface area contributed by atoms with E-state index in [0.717, 1.165) is 5.69 Å². The standard InChI is InChI=1S/C12H18N2O2/c1-8(2)7-14(4)12(16)10-6-13-9(3)5-11(10)15/h5-6,8H,7H2,1-4H3,(H,13,15). The van der Waals surface area contributed by atoms with Crippen molar-refractivity contribution < 1.29 is 4.79 Å². The topological polar surface area (TPSA) is 53.2 Å². The molecule has 1 aromatic rings. The van der Waals surface area contributed by atoms with Gasteiger partial charge in [-0.15, -0.1) is 0 Å². The zero-order valence-electron chi connectivity index (χ0n) is 10.2. The molecule has 0 aliphatic rings. The van der Waals surface area contributed by atoms with Gasteiger partial charge in [0.15, 0.2) is 5.43 Å². The number of rotatable bonds is 3. The Morgan fingerprint density at radius 3 is 2.62 bits per heavy atom. The molecule has 1 N–H and O–H groups in total. The number of aryl methyl sites for hydroxylation is 1. The van der Waals surface area contributed by atoms with Crippen LogP contribution in [-0.4, -0.2) is 29.4 Å². The van der Waals surface area contributed by atoms with E-state index in [4.69, 9.17) is 0 Å². The Morgan fingerprint density at radius 1 is 1.50 bits per heavy atom. The Bertz CT molecular complexity index is 435. The van der Waals surface area contributed by atoms with E-state index in [2.05, 4.69) is 4.98 Å². The minimum absolute atomic E-state index is 0.203. The number of hydrogen-bond donors (Lipinski definition) is 1. The molecule has 1 heterocycles. The van der Waals surface area contributed by atoms with Crippen molar-refractivity contribution in [1.29, 1.82) is 0 Å². The number of hydrogen-bond acceptors (Lipinski definition) is 2. The second-order valence-corrected chi connectivity index (χ2v) is 4.47. The predicted octanol–water partition coefficient (Wildman–Crippen LogP) is 1.41. The third-order valence-corrected chi connectivity index (χ3v) is 2.27. The lowest BCUT2D eigenvalue weighted by molar-refractivity contribution is 0.0777. The Morgan fingerprint density at radius 2 is 2.12 bits per heavy atom. The van der Waals surface area contributed by atoms with Crippen LogP contribution in [0.2, 0.25) is 0 Å². The summed E-state index contributed by atoms with van der Waals surface area (Å²) in [6.07, 6.45) is 1.48. The fourth-order valence-electron chi connectivity index (χ4n) is 1.58. The van der Waals surface area contributed by atoms with Crippen LogP contribution in [0.5, 0.6) is 0 Å². The second-order valence-electron chi connectivity index (χ2n) is 4.47. The molecule has 16 heavy (non-hydrogen) atoms. The molecule has 0 aromatic carbocycles. The summed E-state index contributed by atoms with van der Waals surface area (Å²) >= 11 is 0. The van der Waals surface area contributed by atoms with Gasteiger partial charge in [-0.1, -0.05) is 13.8 Å². The van der Waals surface area contributed by atoms with E-state index in [-0.39, 0.29) is 16.9 Å². The smallest absolute Gasteiger partial charge is 0.259 e. The zero-order chi connectivity index (χ0) is 12.3. The first-order valence-corrected chi connectivity index (χ1v) is 5.36. The van der Waals surface area contributed by atoms with Crippen LogP contribution in [-0.2, 0) is 0 Å². The summed E-state index contributed by atoms with van der Waals surface area (Å²) in [6, 6.07) is 1.44. The maximum atomic E-state index is 11.9. The Labute approximate surface area is 95.3 Å². The van der Waals surface area contributed by atoms with Gasteiger partial charge in [0.25, 0.3) is 5.91 Å². The third-order valence-electron chi connectivity index (χ3n) is 2.27. The van der Waals surface area contributed by atoms with Crippen molar-refractivity contribution in [1.82, 2.24) is 9.88 Å². The van der Waals surface area contributed by atoms with Gasteiger partial charge in [-0.2, -0.15) is 0 Å². The van der Waals surface area contributed by atoms with Crippen LogP contribution < -0.4 is 5.43 Å². The van der Waals surface area contributed by atoms with Gasteiger partial charge in [-0.3, -0.25) is 9.59 Å². The number of aromatic amines is 1. The highest BCUT2D eigenvalue weighted by atomic mass is 16.2. The molecule has 1 aromatic heterocycles. The molecule has 1 amide bonds. The summed E-state index contributed by atoms with van der Waals surface area (Å²) in [4.78, 5) is 28.0. The summed E-state index contributed by atoms with van der Waals surface area (Å²) in [6.45, 7) is 6.49. The first-order valence-electron chi connectivity index (χ1n) is 5.36. The van der Waals surface area contributed by atoms with E-state index >= 15 is 0 Å². The third kappa shape index (κ3) is 2.95. The molecule has 0 radical (unpaired) electrons. The van der Waals surface area contributed by atoms with Crippen molar-refractivity contribution in [3.8, 4) is 0 Å². The van der Waals surface area contributed by atoms with Crippen LogP contribution >= 0.6 is 0 Å². The highest BCUT2D eigenvalue weighted by Gasteiger charge is 2.15. The maximum Gasteiger partial charge on any atom is 0.259 e. The van der Waals surface area contributed by atoms with Crippen molar-refractivity contribution in [2.45, 2.75) is 20.8 Å². The maximum absolute atomic E-state index is 11.9. The largest absolute Gasteiger partial charge is 0.364 e. The lowest BCUT2D eigenvalue weighted by Crippen LogP contribution is -2.33. The van der Waals surface area contributed by atoms with Crippen LogP contribution in [0.4, 0.5) is 0 Å². The number of amides is 1. The number of nitrogens with one attached hydrogen (secondary N) is 1. The average molecular weight is 222 g/mol. The molecule has 0 atom stereocenters. The second kappa shape index (κ2) is 4.96. The fourth-order valence-corrected chi connectivity index (χ4v) is 1.58. The number of pyridine rings is 1. The van der Waals surface area contributed by atoms with Gasteiger partial charge in [-0.25, -0.2) is 0 Å². The zero-order valence-corrected chi connectivity index (χ0v) is 10.2. The molecule has 4 nitrogen and oxygen atoms in total. The van der Waals surface area contributed by atoms with E-state index in [0.29, 0.717) is 12.5 Å². The predicted molar refractivity (Wildman–Crippen MR) is 63.6 cm³/mol. The van der Waals surface area contributed by atoms with E-state index in [9.17, 15) is 9.59 Å². The molecule has 0 fully saturated rings. The van der Waals surface area contributed by atoms with Crippen LogP contribution in [0.1, 0.15) is 29.9 Å². The molecule has 88 valence electrons. The van der Waals surface area contributed by atoms with Gasteiger partial charge < -0.3 is 9.88 Å². The van der Waals surface area contributed by atoms with E-state index in [1.165, 1.54) is 12.3 Å². The van der Waals surface area contributed by atoms with Crippen molar-refractivity contribution in [2.75, 3.05) is 13.6 Å². The highest BCUT2D eigenvalue weighted by molar-refractivity contribution is 5.93. The van der Waals surface area contributed by atoms with E-state index in [1.807, 2.05) is 13.8 Å². The summed E-state index contributed by atoms with van der Waals surface area (Å²) in [5.74, 6) is 0.161. The quantitative estimate of drug-likeness (QED) is 0.840. The summed E-state index contributed by atoms with van der Waals surface area (Å²) in [5.41, 5.74) is 0.735. The van der Waals surface area contributed by atoms with Crippen LogP contribution in [0.15, 0.2) is 17.1 Å². The van der Waals surface area contributed by atoms with Crippen molar-refractivity contribution in [3.05, 3.63) is 33.7 Å². The van der Waals surface area contributed by atoms with Crippen molar-refractivity contribution in [3.63, 3.8) is 0 Å². The van der Waals surface area contributed by atoms with Gasteiger partial charge in [-0.05, 0) is 12.8 Å². The van der Waals surface area contributed by atoms with Gasteiger partial charge in [0.1, 0.15) is 5.56 Å². The minimum atomic E-state index is -0.227. The Kier molecular flexibility index (Phi) is 3.88. The van der Waals surface area contributed by atoms with E-state index in [1.54, 1.807) is 18.9 Å². The number of nitrogens with zero attached hydrogens (tertiary/aromatic N) is 1. The molecule has 0 saturated carbocycles. The van der Waals surface area contributed by atoms with Crippen LogP contribution in [0.3, 0.4) is 0 Å². The SMILES string of the molecule is Cc1cc(=O)c(C(=O)N(C)CC(C)C)c[nH]1. The molecular formula is C12H18N2O2. The summed E-state index contributed by atoms with van der Waals surface area (Å²) in [5, 5.41) is 0. The lowest BCUT2D eigenvalue weighted by Gasteiger charge is -2.18. The normalized spacial score (nSPS) is 10.6. The number of aromatic nitrogens is 1. The van der Waals surface area contributed by atoms with Crippen molar-refractivity contribution in [2.24, 2.45) is 5.92 Å². The fraction of sp³-hybridized carbons (Fsp3) is 0.500. The van der Waals surface area contributed by atoms with Gasteiger partial charge in [0.2, 0.25) is 0 Å². The van der Waals surface area contributed by atoms with E-state index < -0.39 is 0 Å². The Hall–Kier alpha value is -1.58. The number of H-pyrrole nitrogens is 1. The van der Waals surface area contributed by atoms with Crippen LogP contribution in [0.25, 0.3) is 0 Å². The van der Waals surface area contributed by atoms with Gasteiger partial charge in [0.05, 0.1) is 0 Å². The van der Waals surface area contributed by atoms with Gasteiger partial charge >= 0.3 is 0 Å². The molecular weight excluding hydrogens is 204 g/mol. The number of carbonyl (C=O) groups is 1. The molecule has 1 rings (SSSR count). The minimum Gasteiger partial charge on any atom is -0.364 e. The Balaban J connectivity index is 2.92. The molecule has 0 unspecified atom stereocenters. The van der Waals surface area contributed by atoms with Gasteiger partial charge in [0, 0.05) is 31.5 Å². The van der Waals surface area contributed by atoms with Crippen molar-refractivity contribution >= 4 is 5.91 Å². The number of carbonyl (C=O) groups excluding carboxylic acids is 1. The first-order chi connectivity index (χ1) is 7.41.